The van der Waals surface area contributed by atoms with Gasteiger partial charge >= 0.3 is 5.97 Å². The van der Waals surface area contributed by atoms with Crippen molar-refractivity contribution in [1.82, 2.24) is 4.98 Å². The van der Waals surface area contributed by atoms with Gasteiger partial charge in [-0.05, 0) is 52.3 Å². The van der Waals surface area contributed by atoms with E-state index in [1.165, 1.54) is 29.5 Å². The Hall–Kier alpha value is -2.49. The molecule has 0 fully saturated rings. The molecule has 1 heterocycles. The van der Waals surface area contributed by atoms with Crippen molar-refractivity contribution in [3.05, 3.63) is 83.7 Å². The zero-order valence-corrected chi connectivity index (χ0v) is 17.3. The fourth-order valence-corrected chi connectivity index (χ4v) is 3.37. The Morgan fingerprint density at radius 3 is 2.68 bits per heavy atom. The number of esters is 1. The van der Waals surface area contributed by atoms with Crippen LogP contribution in [-0.2, 0) is 18.0 Å². The van der Waals surface area contributed by atoms with Crippen molar-refractivity contribution in [1.29, 1.82) is 0 Å². The number of halogens is 2. The summed E-state index contributed by atoms with van der Waals surface area (Å²) in [5.41, 5.74) is 0.459. The van der Waals surface area contributed by atoms with Crippen LogP contribution in [0.4, 0.5) is 5.69 Å². The van der Waals surface area contributed by atoms with E-state index in [0.717, 1.165) is 5.01 Å². The third-order valence-corrected chi connectivity index (χ3v) is 5.30. The van der Waals surface area contributed by atoms with Crippen molar-refractivity contribution in [3.8, 4) is 5.75 Å². The van der Waals surface area contributed by atoms with Crippen molar-refractivity contribution in [2.45, 2.75) is 13.2 Å². The lowest BCUT2D eigenvalue weighted by atomic mass is 10.2. The molecule has 0 aliphatic heterocycles. The maximum atomic E-state index is 12.1. The number of hydrogen-bond donors (Lipinski definition) is 0. The van der Waals surface area contributed by atoms with Crippen molar-refractivity contribution in [3.63, 3.8) is 0 Å². The molecule has 0 aliphatic rings. The average molecular weight is 484 g/mol. The average Bonchev–Trinajstić information content (AvgIpc) is 3.13. The van der Waals surface area contributed by atoms with Gasteiger partial charge in [-0.2, -0.15) is 0 Å². The molecule has 3 rings (SSSR count). The lowest BCUT2D eigenvalue weighted by Crippen LogP contribution is -2.06. The molecule has 0 bridgehead atoms. The minimum atomic E-state index is -0.664. The molecule has 28 heavy (non-hydrogen) atoms. The highest BCUT2D eigenvalue weighted by Gasteiger charge is 2.17. The van der Waals surface area contributed by atoms with E-state index in [1.54, 1.807) is 29.6 Å². The first kappa shape index (κ1) is 20.2. The van der Waals surface area contributed by atoms with Crippen LogP contribution in [0.15, 0.2) is 52.3 Å². The molecule has 10 heteroatoms. The van der Waals surface area contributed by atoms with E-state index < -0.39 is 10.9 Å². The molecule has 0 spiro atoms. The molecule has 0 aliphatic carbocycles. The molecule has 0 radical (unpaired) electrons. The van der Waals surface area contributed by atoms with Crippen LogP contribution in [0.25, 0.3) is 0 Å². The highest BCUT2D eigenvalue weighted by atomic mass is 79.9. The number of thiazole rings is 1. The fourth-order valence-electron chi connectivity index (χ4n) is 2.16. The van der Waals surface area contributed by atoms with Gasteiger partial charge in [0.15, 0.2) is 0 Å². The van der Waals surface area contributed by atoms with Gasteiger partial charge < -0.3 is 9.47 Å². The van der Waals surface area contributed by atoms with Crippen molar-refractivity contribution in [2.24, 2.45) is 0 Å². The number of benzene rings is 2. The molecule has 0 saturated carbocycles. The predicted octanol–water partition coefficient (Wildman–Crippen LogP) is 5.40. The molecule has 1 aromatic heterocycles. The molecule has 0 atom stereocenters. The van der Waals surface area contributed by atoms with E-state index in [9.17, 15) is 14.9 Å². The van der Waals surface area contributed by atoms with Gasteiger partial charge in [0.2, 0.25) is 0 Å². The van der Waals surface area contributed by atoms with Gasteiger partial charge in [0.05, 0.1) is 20.7 Å². The number of nitrogens with zero attached hydrogens (tertiary/aromatic N) is 2. The van der Waals surface area contributed by atoms with E-state index in [4.69, 9.17) is 21.1 Å². The molecule has 144 valence electrons. The standard InChI is InChI=1S/C18H12BrClN2O5S/c19-15-6-1-11(7-16(15)22(24)25)18(23)27-8-13-10-28-17(21-13)9-26-14-4-2-12(20)3-5-14/h1-7,10H,8-9H2. The Morgan fingerprint density at radius 1 is 1.21 bits per heavy atom. The van der Waals surface area contributed by atoms with Crippen LogP contribution in [0.3, 0.4) is 0 Å². The van der Waals surface area contributed by atoms with E-state index in [-0.39, 0.29) is 24.5 Å². The first-order valence-electron chi connectivity index (χ1n) is 7.85. The van der Waals surface area contributed by atoms with E-state index in [1.807, 2.05) is 0 Å². The van der Waals surface area contributed by atoms with Gasteiger partial charge in [-0.15, -0.1) is 11.3 Å². The largest absolute Gasteiger partial charge is 0.486 e. The zero-order valence-electron chi connectivity index (χ0n) is 14.1. The lowest BCUT2D eigenvalue weighted by Gasteiger charge is -2.04. The molecule has 7 nitrogen and oxygen atoms in total. The van der Waals surface area contributed by atoms with Crippen molar-refractivity contribution < 1.29 is 19.2 Å². The second-order valence-electron chi connectivity index (χ2n) is 5.47. The summed E-state index contributed by atoms with van der Waals surface area (Å²) in [5, 5.41) is 14.1. The summed E-state index contributed by atoms with van der Waals surface area (Å²) in [6.07, 6.45) is 0. The zero-order chi connectivity index (χ0) is 20.1. The molecule has 3 aromatic rings. The number of carbonyl (C=O) groups excluding carboxylic acids is 1. The number of carbonyl (C=O) groups is 1. The van der Waals surface area contributed by atoms with Gasteiger partial charge in [0.25, 0.3) is 5.69 Å². The van der Waals surface area contributed by atoms with Crippen LogP contribution in [0.1, 0.15) is 21.1 Å². The summed E-state index contributed by atoms with van der Waals surface area (Å²) in [6, 6.07) is 11.0. The first-order valence-corrected chi connectivity index (χ1v) is 9.90. The van der Waals surface area contributed by atoms with Crippen LogP contribution in [0, 0.1) is 10.1 Å². The van der Waals surface area contributed by atoms with E-state index in [0.29, 0.717) is 20.9 Å². The fraction of sp³-hybridized carbons (Fsp3) is 0.111. The molecule has 0 saturated heterocycles. The molecular weight excluding hydrogens is 472 g/mol. The van der Waals surface area contributed by atoms with Crippen LogP contribution in [0.5, 0.6) is 5.75 Å². The Bertz CT molecular complexity index is 1010. The Morgan fingerprint density at radius 2 is 1.96 bits per heavy atom. The topological polar surface area (TPSA) is 91.6 Å². The summed E-state index contributed by atoms with van der Waals surface area (Å²) in [5.74, 6) is 0.00646. The summed E-state index contributed by atoms with van der Waals surface area (Å²) >= 11 is 10.3. The van der Waals surface area contributed by atoms with Crippen LogP contribution in [-0.4, -0.2) is 15.9 Å². The minimum absolute atomic E-state index is 0.0415. The highest BCUT2D eigenvalue weighted by molar-refractivity contribution is 9.10. The SMILES string of the molecule is O=C(OCc1csc(COc2ccc(Cl)cc2)n1)c1ccc(Br)c([N+](=O)[O-])c1. The summed E-state index contributed by atoms with van der Waals surface area (Å²) in [4.78, 5) is 26.9. The molecule has 2 aromatic carbocycles. The Balaban J connectivity index is 1.55. The minimum Gasteiger partial charge on any atom is -0.486 e. The van der Waals surface area contributed by atoms with Gasteiger partial charge in [-0.25, -0.2) is 9.78 Å². The molecule has 0 amide bonds. The Kier molecular flexibility index (Phi) is 6.61. The second-order valence-corrected chi connectivity index (χ2v) is 7.71. The number of rotatable bonds is 7. The van der Waals surface area contributed by atoms with Gasteiger partial charge in [-0.1, -0.05) is 11.6 Å². The van der Waals surface area contributed by atoms with Crippen LogP contribution in [0.2, 0.25) is 5.02 Å². The van der Waals surface area contributed by atoms with Crippen molar-refractivity contribution >= 4 is 50.5 Å². The summed E-state index contributed by atoms with van der Waals surface area (Å²) in [6.45, 7) is 0.235. The predicted molar refractivity (Wildman–Crippen MR) is 108 cm³/mol. The Labute approximate surface area is 177 Å². The number of hydrogen-bond acceptors (Lipinski definition) is 7. The maximum absolute atomic E-state index is 12.1. The third kappa shape index (κ3) is 5.28. The highest BCUT2D eigenvalue weighted by Crippen LogP contribution is 2.26. The van der Waals surface area contributed by atoms with Crippen LogP contribution >= 0.6 is 38.9 Å². The van der Waals surface area contributed by atoms with Gasteiger partial charge in [0.1, 0.15) is 24.0 Å². The maximum Gasteiger partial charge on any atom is 0.338 e. The second kappa shape index (κ2) is 9.13. The molecule has 0 N–H and O–H groups in total. The van der Waals surface area contributed by atoms with E-state index >= 15 is 0 Å². The summed E-state index contributed by atoms with van der Waals surface area (Å²) < 4.78 is 11.1. The summed E-state index contributed by atoms with van der Waals surface area (Å²) in [7, 11) is 0. The molecule has 0 unspecified atom stereocenters. The monoisotopic (exact) mass is 482 g/mol. The van der Waals surface area contributed by atoms with Crippen molar-refractivity contribution in [2.75, 3.05) is 0 Å². The normalized spacial score (nSPS) is 10.5. The quantitative estimate of drug-likeness (QED) is 0.254. The first-order chi connectivity index (χ1) is 13.4. The van der Waals surface area contributed by atoms with E-state index in [2.05, 4.69) is 20.9 Å². The smallest absolute Gasteiger partial charge is 0.338 e. The lowest BCUT2D eigenvalue weighted by molar-refractivity contribution is -0.385. The number of nitro groups is 1. The third-order valence-electron chi connectivity index (χ3n) is 3.50. The number of aromatic nitrogens is 1. The number of nitro benzene ring substituents is 1. The van der Waals surface area contributed by atoms with Crippen LogP contribution < -0.4 is 4.74 Å². The van der Waals surface area contributed by atoms with Gasteiger partial charge in [-0.3, -0.25) is 10.1 Å². The van der Waals surface area contributed by atoms with Gasteiger partial charge in [0, 0.05) is 16.5 Å². The number of ether oxygens (including phenoxy) is 2. The molecular formula is C18H12BrClN2O5S.